The maximum atomic E-state index is 12.0. The van der Waals surface area contributed by atoms with Crippen molar-refractivity contribution < 1.29 is 4.79 Å². The number of carbonyl (C=O) groups excluding carboxylic acids is 1. The van der Waals surface area contributed by atoms with Gasteiger partial charge in [0.25, 0.3) is 0 Å². The van der Waals surface area contributed by atoms with Crippen LogP contribution in [0.4, 0.5) is 0 Å². The van der Waals surface area contributed by atoms with Gasteiger partial charge in [0.15, 0.2) is 0 Å². The van der Waals surface area contributed by atoms with Crippen LogP contribution >= 0.6 is 0 Å². The van der Waals surface area contributed by atoms with Crippen molar-refractivity contribution in [3.8, 4) is 0 Å². The average molecular weight is 274 g/mol. The molecule has 1 aliphatic rings. The molecule has 2 atom stereocenters. The van der Waals surface area contributed by atoms with Crippen LogP contribution in [0.5, 0.6) is 0 Å². The Labute approximate surface area is 122 Å². The molecule has 1 amide bonds. The van der Waals surface area contributed by atoms with Crippen molar-refractivity contribution in [2.24, 2.45) is 5.92 Å². The monoisotopic (exact) mass is 274 g/mol. The Bertz CT molecular complexity index is 438. The first-order chi connectivity index (χ1) is 9.65. The molecule has 1 aromatic rings. The van der Waals surface area contributed by atoms with Gasteiger partial charge in [-0.1, -0.05) is 29.8 Å². The first-order valence-electron chi connectivity index (χ1n) is 7.71. The molecule has 0 spiro atoms. The van der Waals surface area contributed by atoms with Crippen LogP contribution in [0.25, 0.3) is 0 Å². The fraction of sp³-hybridized carbons (Fsp3) is 0.588. The number of aryl methyl sites for hydroxylation is 2. The number of carbonyl (C=O) groups is 1. The molecule has 110 valence electrons. The molecule has 0 saturated carbocycles. The second-order valence-electron chi connectivity index (χ2n) is 5.95. The average Bonchev–Trinajstić information content (AvgIpc) is 2.46. The van der Waals surface area contributed by atoms with Crippen molar-refractivity contribution in [3.63, 3.8) is 0 Å². The highest BCUT2D eigenvalue weighted by atomic mass is 16.1. The van der Waals surface area contributed by atoms with Crippen LogP contribution in [0.1, 0.15) is 37.3 Å². The predicted molar refractivity (Wildman–Crippen MR) is 82.7 cm³/mol. The number of hydrogen-bond acceptors (Lipinski definition) is 2. The van der Waals surface area contributed by atoms with Crippen molar-refractivity contribution in [1.82, 2.24) is 10.6 Å². The van der Waals surface area contributed by atoms with Crippen LogP contribution in [0, 0.1) is 12.8 Å². The van der Waals surface area contributed by atoms with Gasteiger partial charge in [0.2, 0.25) is 5.91 Å². The Balaban J connectivity index is 1.74. The minimum atomic E-state index is 0.171. The second kappa shape index (κ2) is 7.44. The summed E-state index contributed by atoms with van der Waals surface area (Å²) in [5.41, 5.74) is 2.50. The van der Waals surface area contributed by atoms with Gasteiger partial charge >= 0.3 is 0 Å². The summed E-state index contributed by atoms with van der Waals surface area (Å²) in [4.78, 5) is 12.0. The lowest BCUT2D eigenvalue weighted by Gasteiger charge is -2.29. The molecule has 2 rings (SSSR count). The van der Waals surface area contributed by atoms with E-state index in [1.165, 1.54) is 24.0 Å². The fourth-order valence-corrected chi connectivity index (χ4v) is 2.88. The van der Waals surface area contributed by atoms with Crippen molar-refractivity contribution in [1.29, 1.82) is 0 Å². The molecule has 2 N–H and O–H groups in total. The van der Waals surface area contributed by atoms with E-state index in [-0.39, 0.29) is 11.9 Å². The van der Waals surface area contributed by atoms with Crippen LogP contribution in [0.3, 0.4) is 0 Å². The number of piperidine rings is 1. The summed E-state index contributed by atoms with van der Waals surface area (Å²) in [5, 5.41) is 6.56. The van der Waals surface area contributed by atoms with Crippen molar-refractivity contribution in [2.75, 3.05) is 13.1 Å². The van der Waals surface area contributed by atoms with Crippen LogP contribution in [-0.4, -0.2) is 25.0 Å². The molecule has 1 saturated heterocycles. The van der Waals surface area contributed by atoms with E-state index in [2.05, 4.69) is 48.7 Å². The minimum Gasteiger partial charge on any atom is -0.353 e. The molecule has 1 fully saturated rings. The van der Waals surface area contributed by atoms with Gasteiger partial charge in [0.1, 0.15) is 0 Å². The largest absolute Gasteiger partial charge is 0.353 e. The lowest BCUT2D eigenvalue weighted by Crippen LogP contribution is -2.44. The number of hydrogen-bond donors (Lipinski definition) is 2. The lowest BCUT2D eigenvalue weighted by atomic mass is 9.92. The molecule has 20 heavy (non-hydrogen) atoms. The summed E-state index contributed by atoms with van der Waals surface area (Å²) in [6, 6.07) is 8.66. The highest BCUT2D eigenvalue weighted by Gasteiger charge is 2.20. The third kappa shape index (κ3) is 4.64. The molecule has 3 heteroatoms. The maximum Gasteiger partial charge on any atom is 0.220 e. The summed E-state index contributed by atoms with van der Waals surface area (Å²) in [5.74, 6) is 0.747. The molecule has 0 bridgehead atoms. The quantitative estimate of drug-likeness (QED) is 0.866. The van der Waals surface area contributed by atoms with E-state index >= 15 is 0 Å². The van der Waals surface area contributed by atoms with E-state index < -0.39 is 0 Å². The van der Waals surface area contributed by atoms with Gasteiger partial charge < -0.3 is 10.6 Å². The zero-order chi connectivity index (χ0) is 14.4. The summed E-state index contributed by atoms with van der Waals surface area (Å²) in [6.07, 6.45) is 3.83. The van der Waals surface area contributed by atoms with Gasteiger partial charge in [-0.3, -0.25) is 4.79 Å². The second-order valence-corrected chi connectivity index (χ2v) is 5.95. The summed E-state index contributed by atoms with van der Waals surface area (Å²) >= 11 is 0. The molecule has 0 aliphatic carbocycles. The first-order valence-corrected chi connectivity index (χ1v) is 7.71. The topological polar surface area (TPSA) is 41.1 Å². The van der Waals surface area contributed by atoms with E-state index in [0.717, 1.165) is 19.5 Å². The molecule has 0 radical (unpaired) electrons. The summed E-state index contributed by atoms with van der Waals surface area (Å²) in [6.45, 7) is 6.35. The Morgan fingerprint density at radius 3 is 3.05 bits per heavy atom. The van der Waals surface area contributed by atoms with Crippen molar-refractivity contribution in [2.45, 2.75) is 45.6 Å². The third-order valence-corrected chi connectivity index (χ3v) is 4.15. The minimum absolute atomic E-state index is 0.171. The van der Waals surface area contributed by atoms with E-state index in [1.54, 1.807) is 0 Å². The van der Waals surface area contributed by atoms with Gasteiger partial charge in [-0.15, -0.1) is 0 Å². The summed E-state index contributed by atoms with van der Waals surface area (Å²) in [7, 11) is 0. The molecule has 0 aromatic heterocycles. The third-order valence-electron chi connectivity index (χ3n) is 4.15. The van der Waals surface area contributed by atoms with Crippen LogP contribution in [-0.2, 0) is 11.2 Å². The lowest BCUT2D eigenvalue weighted by molar-refractivity contribution is -0.122. The van der Waals surface area contributed by atoms with Crippen molar-refractivity contribution in [3.05, 3.63) is 35.4 Å². The van der Waals surface area contributed by atoms with Crippen LogP contribution < -0.4 is 10.6 Å². The zero-order valence-electron chi connectivity index (χ0n) is 12.6. The molecule has 2 unspecified atom stereocenters. The molecule has 1 aliphatic heterocycles. The van der Waals surface area contributed by atoms with E-state index in [1.807, 2.05) is 0 Å². The normalized spacial score (nSPS) is 20.4. The van der Waals surface area contributed by atoms with Gasteiger partial charge in [-0.25, -0.2) is 0 Å². The first kappa shape index (κ1) is 15.0. The van der Waals surface area contributed by atoms with Gasteiger partial charge in [-0.05, 0) is 57.7 Å². The van der Waals surface area contributed by atoms with E-state index in [9.17, 15) is 4.79 Å². The SMILES string of the molecule is Cc1cccc(CCC(=O)NC(C)C2CCCNC2)c1. The Kier molecular flexibility index (Phi) is 5.60. The van der Waals surface area contributed by atoms with Gasteiger partial charge in [0, 0.05) is 12.5 Å². The fourth-order valence-electron chi connectivity index (χ4n) is 2.88. The number of benzene rings is 1. The number of rotatable bonds is 5. The van der Waals surface area contributed by atoms with Gasteiger partial charge in [0.05, 0.1) is 0 Å². The van der Waals surface area contributed by atoms with Crippen LogP contribution in [0.15, 0.2) is 24.3 Å². The Morgan fingerprint density at radius 2 is 2.35 bits per heavy atom. The molecule has 1 heterocycles. The Morgan fingerprint density at radius 1 is 1.50 bits per heavy atom. The highest BCUT2D eigenvalue weighted by molar-refractivity contribution is 5.76. The highest BCUT2D eigenvalue weighted by Crippen LogP contribution is 2.14. The summed E-state index contributed by atoms with van der Waals surface area (Å²) < 4.78 is 0. The zero-order valence-corrected chi connectivity index (χ0v) is 12.6. The smallest absolute Gasteiger partial charge is 0.220 e. The molecule has 3 nitrogen and oxygen atoms in total. The predicted octanol–water partition coefficient (Wildman–Crippen LogP) is 2.43. The van der Waals surface area contributed by atoms with Crippen LogP contribution in [0.2, 0.25) is 0 Å². The number of amides is 1. The van der Waals surface area contributed by atoms with E-state index in [0.29, 0.717) is 12.3 Å². The molecular weight excluding hydrogens is 248 g/mol. The molecular formula is C17H26N2O. The van der Waals surface area contributed by atoms with E-state index in [4.69, 9.17) is 0 Å². The van der Waals surface area contributed by atoms with Crippen molar-refractivity contribution >= 4 is 5.91 Å². The standard InChI is InChI=1S/C17H26N2O/c1-13-5-3-6-15(11-13)8-9-17(20)19-14(2)16-7-4-10-18-12-16/h3,5-6,11,14,16,18H,4,7-10,12H2,1-2H3,(H,19,20). The molecule has 1 aromatic carbocycles. The maximum absolute atomic E-state index is 12.0. The number of nitrogens with one attached hydrogen (secondary N) is 2. The van der Waals surface area contributed by atoms with Gasteiger partial charge in [-0.2, -0.15) is 0 Å². The Hall–Kier alpha value is -1.35.